The molecule has 4 nitrogen and oxygen atoms in total. The first kappa shape index (κ1) is 12.8. The van der Waals surface area contributed by atoms with Gasteiger partial charge in [0.15, 0.2) is 0 Å². The predicted octanol–water partition coefficient (Wildman–Crippen LogP) is 4.29. The van der Waals surface area contributed by atoms with E-state index in [9.17, 15) is 0 Å². The standard InChI is InChI=1S/C15H13N3O/c1-11-8-14(6-7-15(11)19-2)18-17-13-5-3-4-12(9-13)10-16/h3-9H,1-2H3. The molecule has 0 spiro atoms. The normalized spacial score (nSPS) is 10.4. The van der Waals surface area contributed by atoms with Gasteiger partial charge in [0.25, 0.3) is 0 Å². The van der Waals surface area contributed by atoms with Crippen molar-refractivity contribution in [3.63, 3.8) is 0 Å². The van der Waals surface area contributed by atoms with E-state index in [1.807, 2.05) is 25.1 Å². The topological polar surface area (TPSA) is 57.7 Å². The maximum atomic E-state index is 8.81. The third-order valence-electron chi connectivity index (χ3n) is 2.63. The number of ether oxygens (including phenoxy) is 1. The van der Waals surface area contributed by atoms with Crippen LogP contribution in [0.15, 0.2) is 52.7 Å². The minimum atomic E-state index is 0.572. The third kappa shape index (κ3) is 3.17. The first-order chi connectivity index (χ1) is 9.22. The Morgan fingerprint density at radius 1 is 1.05 bits per heavy atom. The van der Waals surface area contributed by atoms with Crippen LogP contribution in [0.1, 0.15) is 11.1 Å². The van der Waals surface area contributed by atoms with Crippen molar-refractivity contribution >= 4 is 11.4 Å². The Labute approximate surface area is 112 Å². The van der Waals surface area contributed by atoms with Crippen LogP contribution < -0.4 is 4.74 Å². The van der Waals surface area contributed by atoms with Gasteiger partial charge in [-0.15, -0.1) is 0 Å². The van der Waals surface area contributed by atoms with Gasteiger partial charge in [-0.1, -0.05) is 6.07 Å². The second kappa shape index (κ2) is 5.78. The van der Waals surface area contributed by atoms with Crippen LogP contribution in [0.3, 0.4) is 0 Å². The molecule has 0 aliphatic rings. The van der Waals surface area contributed by atoms with Gasteiger partial charge in [0.1, 0.15) is 5.75 Å². The molecule has 0 radical (unpaired) electrons. The fraction of sp³-hybridized carbons (Fsp3) is 0.133. The number of methoxy groups -OCH3 is 1. The Morgan fingerprint density at radius 3 is 2.42 bits per heavy atom. The number of hydrogen-bond donors (Lipinski definition) is 0. The lowest BCUT2D eigenvalue weighted by atomic mass is 10.2. The average molecular weight is 251 g/mol. The predicted molar refractivity (Wildman–Crippen MR) is 73.1 cm³/mol. The zero-order chi connectivity index (χ0) is 13.7. The van der Waals surface area contributed by atoms with Crippen molar-refractivity contribution in [1.29, 1.82) is 5.26 Å². The molecule has 94 valence electrons. The molecule has 19 heavy (non-hydrogen) atoms. The fourth-order valence-electron chi connectivity index (χ4n) is 1.68. The lowest BCUT2D eigenvalue weighted by Crippen LogP contribution is -1.85. The number of benzene rings is 2. The van der Waals surface area contributed by atoms with Crippen LogP contribution in [0.4, 0.5) is 11.4 Å². The molecular weight excluding hydrogens is 238 g/mol. The van der Waals surface area contributed by atoms with E-state index in [2.05, 4.69) is 16.3 Å². The van der Waals surface area contributed by atoms with Crippen molar-refractivity contribution in [2.24, 2.45) is 10.2 Å². The van der Waals surface area contributed by atoms with Crippen LogP contribution in [0.5, 0.6) is 5.75 Å². The minimum Gasteiger partial charge on any atom is -0.496 e. The third-order valence-corrected chi connectivity index (χ3v) is 2.63. The number of nitriles is 1. The number of aryl methyl sites for hydroxylation is 1. The molecule has 0 unspecified atom stereocenters. The summed E-state index contributed by atoms with van der Waals surface area (Å²) < 4.78 is 5.18. The highest BCUT2D eigenvalue weighted by Crippen LogP contribution is 2.25. The highest BCUT2D eigenvalue weighted by Gasteiger charge is 1.99. The smallest absolute Gasteiger partial charge is 0.121 e. The lowest BCUT2D eigenvalue weighted by Gasteiger charge is -2.03. The first-order valence-corrected chi connectivity index (χ1v) is 5.79. The van der Waals surface area contributed by atoms with E-state index in [0.29, 0.717) is 11.3 Å². The van der Waals surface area contributed by atoms with Crippen molar-refractivity contribution in [1.82, 2.24) is 0 Å². The van der Waals surface area contributed by atoms with E-state index in [-0.39, 0.29) is 0 Å². The fourth-order valence-corrected chi connectivity index (χ4v) is 1.68. The summed E-state index contributed by atoms with van der Waals surface area (Å²) in [6.07, 6.45) is 0. The van der Waals surface area contributed by atoms with Gasteiger partial charge in [-0.25, -0.2) is 0 Å². The van der Waals surface area contributed by atoms with Crippen LogP contribution in [0.25, 0.3) is 0 Å². The van der Waals surface area contributed by atoms with Gasteiger partial charge in [0, 0.05) is 0 Å². The highest BCUT2D eigenvalue weighted by atomic mass is 16.5. The van der Waals surface area contributed by atoms with Crippen LogP contribution in [0.2, 0.25) is 0 Å². The molecule has 2 rings (SSSR count). The van der Waals surface area contributed by atoms with Crippen molar-refractivity contribution < 1.29 is 4.74 Å². The average Bonchev–Trinajstić information content (AvgIpc) is 2.45. The Kier molecular flexibility index (Phi) is 3.89. The van der Waals surface area contributed by atoms with E-state index in [0.717, 1.165) is 17.0 Å². The Hall–Kier alpha value is -2.67. The summed E-state index contributed by atoms with van der Waals surface area (Å²) in [5.74, 6) is 0.824. The van der Waals surface area contributed by atoms with Gasteiger partial charge < -0.3 is 4.74 Å². The van der Waals surface area contributed by atoms with E-state index in [4.69, 9.17) is 10.00 Å². The molecule has 0 saturated carbocycles. The van der Waals surface area contributed by atoms with Crippen molar-refractivity contribution in [3.05, 3.63) is 53.6 Å². The second-order valence-electron chi connectivity index (χ2n) is 4.02. The summed E-state index contributed by atoms with van der Waals surface area (Å²) in [4.78, 5) is 0. The highest BCUT2D eigenvalue weighted by molar-refractivity contribution is 5.48. The SMILES string of the molecule is COc1ccc(N=Nc2cccc(C#N)c2)cc1C. The van der Waals surface area contributed by atoms with Gasteiger partial charge in [0.05, 0.1) is 30.1 Å². The van der Waals surface area contributed by atoms with Gasteiger partial charge in [-0.2, -0.15) is 15.5 Å². The van der Waals surface area contributed by atoms with Crippen LogP contribution in [0, 0.1) is 18.3 Å². The first-order valence-electron chi connectivity index (χ1n) is 5.79. The summed E-state index contributed by atoms with van der Waals surface area (Å²) >= 11 is 0. The molecule has 0 fully saturated rings. The van der Waals surface area contributed by atoms with Crippen molar-refractivity contribution in [3.8, 4) is 11.8 Å². The zero-order valence-corrected chi connectivity index (χ0v) is 10.8. The summed E-state index contributed by atoms with van der Waals surface area (Å²) in [7, 11) is 1.64. The number of azo groups is 1. The van der Waals surface area contributed by atoms with E-state index < -0.39 is 0 Å². The van der Waals surface area contributed by atoms with Gasteiger partial charge >= 0.3 is 0 Å². The molecule has 0 N–H and O–H groups in total. The molecule has 0 aromatic heterocycles. The van der Waals surface area contributed by atoms with E-state index in [1.54, 1.807) is 31.4 Å². The van der Waals surface area contributed by atoms with Gasteiger partial charge in [-0.05, 0) is 48.9 Å². The summed E-state index contributed by atoms with van der Waals surface area (Å²) in [5, 5.41) is 17.1. The minimum absolute atomic E-state index is 0.572. The number of hydrogen-bond acceptors (Lipinski definition) is 4. The summed E-state index contributed by atoms with van der Waals surface area (Å²) in [6, 6.07) is 14.7. The second-order valence-corrected chi connectivity index (χ2v) is 4.02. The summed E-state index contributed by atoms with van der Waals surface area (Å²) in [6.45, 7) is 1.95. The molecule has 0 aliphatic carbocycles. The maximum Gasteiger partial charge on any atom is 0.121 e. The van der Waals surface area contributed by atoms with Crippen molar-refractivity contribution in [2.45, 2.75) is 6.92 Å². The van der Waals surface area contributed by atoms with Crippen LogP contribution in [-0.2, 0) is 0 Å². The molecule has 4 heteroatoms. The zero-order valence-electron chi connectivity index (χ0n) is 10.8. The van der Waals surface area contributed by atoms with Crippen LogP contribution in [-0.4, -0.2) is 7.11 Å². The van der Waals surface area contributed by atoms with E-state index >= 15 is 0 Å². The molecular formula is C15H13N3O. The molecule has 2 aromatic carbocycles. The molecule has 0 heterocycles. The Bertz CT molecular complexity index is 657. The largest absolute Gasteiger partial charge is 0.496 e. The van der Waals surface area contributed by atoms with Gasteiger partial charge in [0.2, 0.25) is 0 Å². The Morgan fingerprint density at radius 2 is 1.79 bits per heavy atom. The maximum absolute atomic E-state index is 8.81. The van der Waals surface area contributed by atoms with Crippen molar-refractivity contribution in [2.75, 3.05) is 7.11 Å². The molecule has 0 aliphatic heterocycles. The quantitative estimate of drug-likeness (QED) is 0.764. The van der Waals surface area contributed by atoms with Gasteiger partial charge in [-0.3, -0.25) is 0 Å². The van der Waals surface area contributed by atoms with Crippen LogP contribution >= 0.6 is 0 Å². The molecule has 0 bridgehead atoms. The molecule has 0 saturated heterocycles. The lowest BCUT2D eigenvalue weighted by molar-refractivity contribution is 0.412. The Balaban J connectivity index is 2.23. The number of nitrogens with zero attached hydrogens (tertiary/aromatic N) is 3. The molecule has 2 aromatic rings. The monoisotopic (exact) mass is 251 g/mol. The molecule has 0 amide bonds. The number of rotatable bonds is 3. The van der Waals surface area contributed by atoms with E-state index in [1.165, 1.54) is 0 Å². The molecule has 0 atom stereocenters. The summed E-state index contributed by atoms with van der Waals surface area (Å²) in [5.41, 5.74) is 2.99.